The molecular formula is C15H10FNO2. The molecule has 0 atom stereocenters. The van der Waals surface area contributed by atoms with E-state index in [1.54, 1.807) is 36.4 Å². The van der Waals surface area contributed by atoms with Crippen molar-refractivity contribution in [3.8, 4) is 22.9 Å². The van der Waals surface area contributed by atoms with E-state index in [1.165, 1.54) is 13.0 Å². The number of carbonyl (C=O) groups is 1. The highest BCUT2D eigenvalue weighted by atomic mass is 19.1. The molecule has 0 saturated carbocycles. The molecule has 4 heteroatoms. The molecule has 94 valence electrons. The van der Waals surface area contributed by atoms with Crippen molar-refractivity contribution in [1.29, 1.82) is 5.26 Å². The van der Waals surface area contributed by atoms with Crippen LogP contribution in [0, 0.1) is 17.1 Å². The molecule has 0 aliphatic heterocycles. The fourth-order valence-corrected chi connectivity index (χ4v) is 1.75. The number of esters is 1. The molecule has 0 fully saturated rings. The van der Waals surface area contributed by atoms with Crippen LogP contribution in [0.2, 0.25) is 0 Å². The van der Waals surface area contributed by atoms with Crippen LogP contribution >= 0.6 is 0 Å². The Morgan fingerprint density at radius 1 is 1.21 bits per heavy atom. The van der Waals surface area contributed by atoms with Gasteiger partial charge in [0, 0.05) is 12.5 Å². The quantitative estimate of drug-likeness (QED) is 0.611. The number of ether oxygens (including phenoxy) is 1. The van der Waals surface area contributed by atoms with Crippen molar-refractivity contribution >= 4 is 5.97 Å². The summed E-state index contributed by atoms with van der Waals surface area (Å²) in [6.07, 6.45) is 0. The molecule has 3 nitrogen and oxygen atoms in total. The lowest BCUT2D eigenvalue weighted by molar-refractivity contribution is -0.131. The van der Waals surface area contributed by atoms with E-state index >= 15 is 0 Å². The van der Waals surface area contributed by atoms with Gasteiger partial charge in [-0.1, -0.05) is 24.3 Å². The second-order valence-corrected chi connectivity index (χ2v) is 3.89. The van der Waals surface area contributed by atoms with Crippen LogP contribution in [-0.4, -0.2) is 5.97 Å². The topological polar surface area (TPSA) is 50.1 Å². The van der Waals surface area contributed by atoms with E-state index < -0.39 is 11.8 Å². The molecule has 0 bridgehead atoms. The van der Waals surface area contributed by atoms with E-state index in [2.05, 4.69) is 0 Å². The number of halogens is 1. The van der Waals surface area contributed by atoms with Crippen molar-refractivity contribution in [2.75, 3.05) is 0 Å². The third-order valence-corrected chi connectivity index (χ3v) is 2.55. The van der Waals surface area contributed by atoms with Gasteiger partial charge in [-0.25, -0.2) is 4.39 Å². The van der Waals surface area contributed by atoms with Gasteiger partial charge < -0.3 is 4.74 Å². The first-order valence-corrected chi connectivity index (χ1v) is 5.59. The van der Waals surface area contributed by atoms with Gasteiger partial charge in [-0.15, -0.1) is 0 Å². The van der Waals surface area contributed by atoms with Gasteiger partial charge in [-0.2, -0.15) is 5.26 Å². The highest BCUT2D eigenvalue weighted by Gasteiger charge is 2.09. The predicted octanol–water partition coefficient (Wildman–Crippen LogP) is 3.29. The summed E-state index contributed by atoms with van der Waals surface area (Å²) < 4.78 is 18.4. The predicted molar refractivity (Wildman–Crippen MR) is 67.9 cm³/mol. The average Bonchev–Trinajstić information content (AvgIpc) is 2.38. The van der Waals surface area contributed by atoms with E-state index in [9.17, 15) is 9.18 Å². The normalized spacial score (nSPS) is 9.74. The zero-order valence-electron chi connectivity index (χ0n) is 10.2. The maximum atomic E-state index is 13.5. The summed E-state index contributed by atoms with van der Waals surface area (Å²) in [6.45, 7) is 1.31. The maximum absolute atomic E-state index is 13.5. The number of rotatable bonds is 2. The Labute approximate surface area is 109 Å². The largest absolute Gasteiger partial charge is 0.427 e. The van der Waals surface area contributed by atoms with E-state index in [-0.39, 0.29) is 5.56 Å². The summed E-state index contributed by atoms with van der Waals surface area (Å²) in [5.74, 6) is -0.550. The van der Waals surface area contributed by atoms with E-state index in [0.717, 1.165) is 0 Å². The zero-order valence-corrected chi connectivity index (χ0v) is 10.2. The van der Waals surface area contributed by atoms with Gasteiger partial charge in [-0.05, 0) is 23.8 Å². The fraction of sp³-hybridized carbons (Fsp3) is 0.0667. The maximum Gasteiger partial charge on any atom is 0.308 e. The molecule has 19 heavy (non-hydrogen) atoms. The van der Waals surface area contributed by atoms with Crippen molar-refractivity contribution < 1.29 is 13.9 Å². The van der Waals surface area contributed by atoms with Gasteiger partial charge >= 0.3 is 5.97 Å². The number of hydrogen-bond acceptors (Lipinski definition) is 3. The molecule has 2 rings (SSSR count). The van der Waals surface area contributed by atoms with Gasteiger partial charge in [0.1, 0.15) is 17.6 Å². The lowest BCUT2D eigenvalue weighted by atomic mass is 10.00. The van der Waals surface area contributed by atoms with Gasteiger partial charge in [0.15, 0.2) is 0 Å². The third-order valence-electron chi connectivity index (χ3n) is 2.55. The summed E-state index contributed by atoms with van der Waals surface area (Å²) >= 11 is 0. The zero-order chi connectivity index (χ0) is 13.8. The fourth-order valence-electron chi connectivity index (χ4n) is 1.75. The minimum absolute atomic E-state index is 0.00253. The summed E-state index contributed by atoms with van der Waals surface area (Å²) in [7, 11) is 0. The van der Waals surface area contributed by atoms with Gasteiger partial charge in [-0.3, -0.25) is 4.79 Å². The van der Waals surface area contributed by atoms with Crippen LogP contribution in [0.15, 0.2) is 42.5 Å². The van der Waals surface area contributed by atoms with Crippen molar-refractivity contribution in [3.05, 3.63) is 53.8 Å². The SMILES string of the molecule is CC(=O)Oc1ccc(-c2cccc(F)c2C#N)cc1. The van der Waals surface area contributed by atoms with Crippen molar-refractivity contribution in [3.63, 3.8) is 0 Å². The first-order valence-electron chi connectivity index (χ1n) is 5.59. The molecule has 0 saturated heterocycles. The Balaban J connectivity index is 2.41. The second kappa shape index (κ2) is 5.32. The minimum Gasteiger partial charge on any atom is -0.427 e. The summed E-state index contributed by atoms with van der Waals surface area (Å²) in [6, 6.07) is 12.9. The molecule has 0 aromatic heterocycles. The van der Waals surface area contributed by atoms with Crippen LogP contribution in [-0.2, 0) is 4.79 Å². The highest BCUT2D eigenvalue weighted by molar-refractivity contribution is 5.72. The molecule has 0 spiro atoms. The van der Waals surface area contributed by atoms with Crippen LogP contribution in [0.1, 0.15) is 12.5 Å². The first kappa shape index (κ1) is 12.8. The Hall–Kier alpha value is -2.67. The molecule has 0 aliphatic rings. The molecule has 2 aromatic carbocycles. The monoisotopic (exact) mass is 255 g/mol. The van der Waals surface area contributed by atoms with Gasteiger partial charge in [0.2, 0.25) is 0 Å². The van der Waals surface area contributed by atoms with Crippen LogP contribution in [0.3, 0.4) is 0 Å². The van der Waals surface area contributed by atoms with Crippen LogP contribution in [0.5, 0.6) is 5.75 Å². The Morgan fingerprint density at radius 3 is 2.47 bits per heavy atom. The first-order chi connectivity index (χ1) is 9.11. The Kier molecular flexibility index (Phi) is 3.58. The molecule has 0 unspecified atom stereocenters. The molecular weight excluding hydrogens is 245 g/mol. The number of hydrogen-bond donors (Lipinski definition) is 0. The van der Waals surface area contributed by atoms with Gasteiger partial charge in [0.25, 0.3) is 0 Å². The molecule has 2 aromatic rings. The lowest BCUT2D eigenvalue weighted by Crippen LogP contribution is -2.00. The standard InChI is InChI=1S/C15H10FNO2/c1-10(18)19-12-7-5-11(6-8-12)13-3-2-4-15(16)14(13)9-17/h2-8H,1H3. The van der Waals surface area contributed by atoms with E-state index in [4.69, 9.17) is 10.00 Å². The molecule has 0 amide bonds. The van der Waals surface area contributed by atoms with Crippen molar-refractivity contribution in [1.82, 2.24) is 0 Å². The van der Waals surface area contributed by atoms with E-state index in [1.807, 2.05) is 6.07 Å². The van der Waals surface area contributed by atoms with Gasteiger partial charge in [0.05, 0.1) is 5.56 Å². The van der Waals surface area contributed by atoms with Crippen LogP contribution in [0.25, 0.3) is 11.1 Å². The smallest absolute Gasteiger partial charge is 0.308 e. The number of benzene rings is 2. The summed E-state index contributed by atoms with van der Waals surface area (Å²) in [5.41, 5.74) is 1.20. The molecule has 0 heterocycles. The van der Waals surface area contributed by atoms with Crippen molar-refractivity contribution in [2.24, 2.45) is 0 Å². The Bertz CT molecular complexity index is 657. The average molecular weight is 255 g/mol. The lowest BCUT2D eigenvalue weighted by Gasteiger charge is -2.06. The number of nitrogens with zero attached hydrogens (tertiary/aromatic N) is 1. The summed E-state index contributed by atoms with van der Waals surface area (Å²) in [4.78, 5) is 10.8. The summed E-state index contributed by atoms with van der Waals surface area (Å²) in [5, 5.41) is 8.97. The number of nitriles is 1. The van der Waals surface area contributed by atoms with Crippen LogP contribution < -0.4 is 4.74 Å². The second-order valence-electron chi connectivity index (χ2n) is 3.89. The molecule has 0 radical (unpaired) electrons. The van der Waals surface area contributed by atoms with Crippen molar-refractivity contribution in [2.45, 2.75) is 6.92 Å². The Morgan fingerprint density at radius 2 is 1.89 bits per heavy atom. The minimum atomic E-state index is -0.552. The van der Waals surface area contributed by atoms with Crippen LogP contribution in [0.4, 0.5) is 4.39 Å². The highest BCUT2D eigenvalue weighted by Crippen LogP contribution is 2.26. The number of carbonyl (C=O) groups excluding carboxylic acids is 1. The third kappa shape index (κ3) is 2.78. The molecule has 0 aliphatic carbocycles. The molecule has 0 N–H and O–H groups in total. The van der Waals surface area contributed by atoms with E-state index in [0.29, 0.717) is 16.9 Å².